The van der Waals surface area contributed by atoms with Crippen molar-refractivity contribution in [2.45, 2.75) is 19.7 Å². The number of pyridine rings is 1. The molecule has 1 rings (SSSR count). The van der Waals surface area contributed by atoms with E-state index in [1.54, 1.807) is 13.1 Å². The van der Waals surface area contributed by atoms with Crippen molar-refractivity contribution in [1.29, 1.82) is 0 Å². The van der Waals surface area contributed by atoms with E-state index in [2.05, 4.69) is 10.3 Å². The van der Waals surface area contributed by atoms with Crippen LogP contribution in [0.1, 0.15) is 12.5 Å². The summed E-state index contributed by atoms with van der Waals surface area (Å²) in [4.78, 5) is 3.91. The summed E-state index contributed by atoms with van der Waals surface area (Å²) in [6.07, 6.45) is 1.12. The van der Waals surface area contributed by atoms with Crippen LogP contribution in [-0.2, 0) is 6.54 Å². The topological polar surface area (TPSA) is 71.2 Å². The first-order valence-corrected chi connectivity index (χ1v) is 3.81. The summed E-state index contributed by atoms with van der Waals surface area (Å²) in [6.45, 7) is 2.20. The SMILES string of the molecule is CC(O)NCc1cccnc1N. The van der Waals surface area contributed by atoms with Gasteiger partial charge in [0.15, 0.2) is 0 Å². The van der Waals surface area contributed by atoms with E-state index < -0.39 is 6.23 Å². The number of aliphatic hydroxyl groups is 1. The van der Waals surface area contributed by atoms with Gasteiger partial charge in [-0.3, -0.25) is 5.32 Å². The maximum absolute atomic E-state index is 8.93. The maximum atomic E-state index is 8.93. The Morgan fingerprint density at radius 2 is 2.50 bits per heavy atom. The molecular formula is C8H13N3O. The molecule has 4 heteroatoms. The minimum atomic E-state index is -0.524. The number of hydrogen-bond acceptors (Lipinski definition) is 4. The van der Waals surface area contributed by atoms with Crippen LogP contribution in [0.2, 0.25) is 0 Å². The number of anilines is 1. The Bertz CT molecular complexity index is 250. The molecule has 0 amide bonds. The van der Waals surface area contributed by atoms with Crippen molar-refractivity contribution in [3.8, 4) is 0 Å². The molecule has 0 fully saturated rings. The number of rotatable bonds is 3. The number of nitrogen functional groups attached to an aromatic ring is 1. The van der Waals surface area contributed by atoms with Gasteiger partial charge in [-0.25, -0.2) is 4.98 Å². The van der Waals surface area contributed by atoms with E-state index in [9.17, 15) is 0 Å². The van der Waals surface area contributed by atoms with Gasteiger partial charge in [-0.1, -0.05) is 6.07 Å². The highest BCUT2D eigenvalue weighted by molar-refractivity contribution is 5.38. The summed E-state index contributed by atoms with van der Waals surface area (Å²) in [5.41, 5.74) is 6.48. The molecule has 1 aromatic rings. The number of nitrogens with one attached hydrogen (secondary N) is 1. The highest BCUT2D eigenvalue weighted by atomic mass is 16.3. The Hall–Kier alpha value is -1.13. The molecule has 0 radical (unpaired) electrons. The lowest BCUT2D eigenvalue weighted by Crippen LogP contribution is -2.25. The van der Waals surface area contributed by atoms with Gasteiger partial charge < -0.3 is 10.8 Å². The highest BCUT2D eigenvalue weighted by Gasteiger charge is 1.99. The molecule has 1 unspecified atom stereocenters. The van der Waals surface area contributed by atoms with Gasteiger partial charge in [0.25, 0.3) is 0 Å². The first-order chi connectivity index (χ1) is 5.70. The third-order valence-corrected chi connectivity index (χ3v) is 1.51. The average Bonchev–Trinajstić information content (AvgIpc) is 2.03. The summed E-state index contributed by atoms with van der Waals surface area (Å²) in [7, 11) is 0. The van der Waals surface area contributed by atoms with E-state index in [0.29, 0.717) is 12.4 Å². The fraction of sp³-hybridized carbons (Fsp3) is 0.375. The normalized spacial score (nSPS) is 12.8. The van der Waals surface area contributed by atoms with Crippen LogP contribution in [0.15, 0.2) is 18.3 Å². The van der Waals surface area contributed by atoms with Gasteiger partial charge in [0.05, 0.1) is 0 Å². The van der Waals surface area contributed by atoms with Crippen LogP contribution < -0.4 is 11.1 Å². The Morgan fingerprint density at radius 3 is 3.08 bits per heavy atom. The number of nitrogens with two attached hydrogens (primary N) is 1. The van der Waals surface area contributed by atoms with E-state index in [1.807, 2.05) is 12.1 Å². The molecule has 0 aliphatic heterocycles. The molecule has 0 saturated carbocycles. The van der Waals surface area contributed by atoms with Gasteiger partial charge in [0, 0.05) is 18.3 Å². The Labute approximate surface area is 71.4 Å². The first kappa shape index (κ1) is 8.96. The van der Waals surface area contributed by atoms with Crippen molar-refractivity contribution >= 4 is 5.82 Å². The number of hydrogen-bond donors (Lipinski definition) is 3. The second kappa shape index (κ2) is 4.04. The fourth-order valence-corrected chi connectivity index (χ4v) is 0.858. The summed E-state index contributed by atoms with van der Waals surface area (Å²) in [5.74, 6) is 0.505. The van der Waals surface area contributed by atoms with E-state index in [4.69, 9.17) is 10.8 Å². The molecule has 12 heavy (non-hydrogen) atoms. The van der Waals surface area contributed by atoms with Gasteiger partial charge >= 0.3 is 0 Å². The lowest BCUT2D eigenvalue weighted by molar-refractivity contribution is 0.155. The van der Waals surface area contributed by atoms with Gasteiger partial charge in [-0.05, 0) is 13.0 Å². The molecule has 4 nitrogen and oxygen atoms in total. The van der Waals surface area contributed by atoms with Gasteiger partial charge in [-0.15, -0.1) is 0 Å². The standard InChI is InChI=1S/C8H13N3O/c1-6(12)11-5-7-3-2-4-10-8(7)9/h2-4,6,11-12H,5H2,1H3,(H2,9,10). The minimum absolute atomic E-state index is 0.505. The quantitative estimate of drug-likeness (QED) is 0.558. The fourth-order valence-electron chi connectivity index (χ4n) is 0.858. The van der Waals surface area contributed by atoms with Crippen molar-refractivity contribution in [3.05, 3.63) is 23.9 Å². The smallest absolute Gasteiger partial charge is 0.127 e. The zero-order valence-electron chi connectivity index (χ0n) is 6.99. The van der Waals surface area contributed by atoms with Crippen LogP contribution in [0.5, 0.6) is 0 Å². The Kier molecular flexibility index (Phi) is 3.01. The van der Waals surface area contributed by atoms with Gasteiger partial charge in [0.2, 0.25) is 0 Å². The molecular weight excluding hydrogens is 154 g/mol. The predicted octanol–water partition coefficient (Wildman–Crippen LogP) is 0.0917. The van der Waals surface area contributed by atoms with E-state index in [0.717, 1.165) is 5.56 Å². The lowest BCUT2D eigenvalue weighted by atomic mass is 10.2. The summed E-state index contributed by atoms with van der Waals surface area (Å²) >= 11 is 0. The third kappa shape index (κ3) is 2.48. The number of aromatic nitrogens is 1. The van der Waals surface area contributed by atoms with Crippen LogP contribution in [0.3, 0.4) is 0 Å². The zero-order chi connectivity index (χ0) is 8.97. The Balaban J connectivity index is 2.57. The molecule has 4 N–H and O–H groups in total. The summed E-state index contributed by atoms with van der Waals surface area (Å²) < 4.78 is 0. The van der Waals surface area contributed by atoms with Crippen LogP contribution >= 0.6 is 0 Å². The van der Waals surface area contributed by atoms with E-state index >= 15 is 0 Å². The summed E-state index contributed by atoms with van der Waals surface area (Å²) in [6, 6.07) is 3.69. The third-order valence-electron chi connectivity index (χ3n) is 1.51. The second-order valence-corrected chi connectivity index (χ2v) is 2.60. The highest BCUT2D eigenvalue weighted by Crippen LogP contribution is 2.05. The molecule has 0 saturated heterocycles. The largest absolute Gasteiger partial charge is 0.383 e. The van der Waals surface area contributed by atoms with Crippen molar-refractivity contribution in [3.63, 3.8) is 0 Å². The second-order valence-electron chi connectivity index (χ2n) is 2.60. The molecule has 1 aromatic heterocycles. The lowest BCUT2D eigenvalue weighted by Gasteiger charge is -2.08. The van der Waals surface area contributed by atoms with Crippen LogP contribution in [0.4, 0.5) is 5.82 Å². The molecule has 1 atom stereocenters. The van der Waals surface area contributed by atoms with Crippen molar-refractivity contribution < 1.29 is 5.11 Å². The Morgan fingerprint density at radius 1 is 1.75 bits per heavy atom. The van der Waals surface area contributed by atoms with Crippen molar-refractivity contribution in [2.24, 2.45) is 0 Å². The van der Waals surface area contributed by atoms with Crippen LogP contribution in [0.25, 0.3) is 0 Å². The van der Waals surface area contributed by atoms with Crippen LogP contribution in [0, 0.1) is 0 Å². The molecule has 0 aromatic carbocycles. The van der Waals surface area contributed by atoms with Crippen LogP contribution in [-0.4, -0.2) is 16.3 Å². The molecule has 0 aliphatic carbocycles. The molecule has 0 bridgehead atoms. The maximum Gasteiger partial charge on any atom is 0.127 e. The minimum Gasteiger partial charge on any atom is -0.383 e. The summed E-state index contributed by atoms with van der Waals surface area (Å²) in [5, 5.41) is 11.8. The van der Waals surface area contributed by atoms with Gasteiger partial charge in [0.1, 0.15) is 12.0 Å². The molecule has 1 heterocycles. The van der Waals surface area contributed by atoms with Crippen molar-refractivity contribution in [1.82, 2.24) is 10.3 Å². The average molecular weight is 167 g/mol. The van der Waals surface area contributed by atoms with Crippen molar-refractivity contribution in [2.75, 3.05) is 5.73 Å². The monoisotopic (exact) mass is 167 g/mol. The zero-order valence-corrected chi connectivity index (χ0v) is 6.99. The number of aliphatic hydroxyl groups excluding tert-OH is 1. The predicted molar refractivity (Wildman–Crippen MR) is 47.2 cm³/mol. The molecule has 66 valence electrons. The van der Waals surface area contributed by atoms with E-state index in [1.165, 1.54) is 0 Å². The number of nitrogens with zero attached hydrogens (tertiary/aromatic N) is 1. The van der Waals surface area contributed by atoms with E-state index in [-0.39, 0.29) is 0 Å². The molecule has 0 aliphatic rings. The van der Waals surface area contributed by atoms with Gasteiger partial charge in [-0.2, -0.15) is 0 Å². The molecule has 0 spiro atoms. The first-order valence-electron chi connectivity index (χ1n) is 3.81.